The van der Waals surface area contributed by atoms with Crippen molar-refractivity contribution in [1.82, 2.24) is 4.98 Å². The lowest BCUT2D eigenvalue weighted by atomic mass is 10.1. The first-order valence-corrected chi connectivity index (χ1v) is 6.16. The molecule has 0 bridgehead atoms. The number of aromatic nitrogens is 1. The number of hydrogen-bond acceptors (Lipinski definition) is 3. The monoisotopic (exact) mass is 290 g/mol. The highest BCUT2D eigenvalue weighted by molar-refractivity contribution is 6.31. The zero-order chi connectivity index (χ0) is 14.5. The maximum absolute atomic E-state index is 11.9. The third kappa shape index (κ3) is 3.55. The molecule has 2 aromatic rings. The van der Waals surface area contributed by atoms with Crippen LogP contribution < -0.4 is 5.32 Å². The average molecular weight is 291 g/mol. The maximum atomic E-state index is 11.9. The van der Waals surface area contributed by atoms with Gasteiger partial charge in [-0.3, -0.25) is 9.78 Å². The van der Waals surface area contributed by atoms with Gasteiger partial charge in [-0.25, -0.2) is 4.79 Å². The van der Waals surface area contributed by atoms with Crippen LogP contribution in [0.25, 0.3) is 0 Å². The second-order valence-electron chi connectivity index (χ2n) is 4.04. The van der Waals surface area contributed by atoms with E-state index in [-0.39, 0.29) is 23.6 Å². The number of amides is 1. The average Bonchev–Trinajstić information content (AvgIpc) is 2.41. The minimum Gasteiger partial charge on any atom is -0.478 e. The van der Waals surface area contributed by atoms with Gasteiger partial charge in [0.1, 0.15) is 0 Å². The Morgan fingerprint density at radius 2 is 2.05 bits per heavy atom. The molecule has 0 aliphatic rings. The molecular formula is C14H11ClN2O3. The summed E-state index contributed by atoms with van der Waals surface area (Å²) >= 11 is 5.74. The summed E-state index contributed by atoms with van der Waals surface area (Å²) in [6, 6.07) is 9.52. The van der Waals surface area contributed by atoms with Crippen LogP contribution in [-0.2, 0) is 11.2 Å². The van der Waals surface area contributed by atoms with Gasteiger partial charge in [0.2, 0.25) is 5.91 Å². The minimum atomic E-state index is -1.15. The zero-order valence-corrected chi connectivity index (χ0v) is 11.1. The van der Waals surface area contributed by atoms with Gasteiger partial charge in [-0.05, 0) is 30.3 Å². The highest BCUT2D eigenvalue weighted by Gasteiger charge is 2.13. The van der Waals surface area contributed by atoms with Gasteiger partial charge in [0, 0.05) is 16.9 Å². The molecule has 6 heteroatoms. The SMILES string of the molecule is O=C(Cc1ccccn1)Nc1ccc(Cl)cc1C(=O)O. The van der Waals surface area contributed by atoms with Crippen molar-refractivity contribution in [3.8, 4) is 0 Å². The standard InChI is InChI=1S/C14H11ClN2O3/c15-9-4-5-12(11(7-9)14(19)20)17-13(18)8-10-3-1-2-6-16-10/h1-7H,8H2,(H,17,18)(H,19,20). The van der Waals surface area contributed by atoms with Crippen molar-refractivity contribution in [2.24, 2.45) is 0 Å². The Morgan fingerprint density at radius 3 is 2.70 bits per heavy atom. The third-order valence-electron chi connectivity index (χ3n) is 2.55. The first-order chi connectivity index (χ1) is 9.56. The van der Waals surface area contributed by atoms with E-state index in [1.165, 1.54) is 18.2 Å². The highest BCUT2D eigenvalue weighted by Crippen LogP contribution is 2.20. The number of carboxylic acid groups (broad SMARTS) is 1. The Kier molecular flexibility index (Phi) is 4.32. The second-order valence-corrected chi connectivity index (χ2v) is 4.48. The van der Waals surface area contributed by atoms with E-state index in [4.69, 9.17) is 16.7 Å². The molecule has 0 fully saturated rings. The van der Waals surface area contributed by atoms with E-state index < -0.39 is 5.97 Å². The quantitative estimate of drug-likeness (QED) is 0.907. The number of carbonyl (C=O) groups excluding carboxylic acids is 1. The van der Waals surface area contributed by atoms with Crippen LogP contribution in [0.3, 0.4) is 0 Å². The Balaban J connectivity index is 2.14. The van der Waals surface area contributed by atoms with Crippen molar-refractivity contribution in [3.05, 3.63) is 58.9 Å². The predicted octanol–water partition coefficient (Wildman–Crippen LogP) is 2.61. The molecule has 0 atom stereocenters. The van der Waals surface area contributed by atoms with Gasteiger partial charge >= 0.3 is 5.97 Å². The van der Waals surface area contributed by atoms with Crippen LogP contribution in [0.4, 0.5) is 5.69 Å². The van der Waals surface area contributed by atoms with Gasteiger partial charge in [0.05, 0.1) is 17.7 Å². The van der Waals surface area contributed by atoms with E-state index >= 15 is 0 Å². The molecule has 1 aromatic heterocycles. The number of halogens is 1. The smallest absolute Gasteiger partial charge is 0.337 e. The van der Waals surface area contributed by atoms with Crippen LogP contribution in [-0.4, -0.2) is 22.0 Å². The molecule has 2 N–H and O–H groups in total. The molecule has 0 spiro atoms. The molecule has 1 aromatic carbocycles. The van der Waals surface area contributed by atoms with Crippen LogP contribution in [0.1, 0.15) is 16.1 Å². The summed E-state index contributed by atoms with van der Waals surface area (Å²) in [5.41, 5.74) is 0.769. The summed E-state index contributed by atoms with van der Waals surface area (Å²) < 4.78 is 0. The van der Waals surface area contributed by atoms with Crippen molar-refractivity contribution in [1.29, 1.82) is 0 Å². The molecule has 0 aliphatic carbocycles. The zero-order valence-electron chi connectivity index (χ0n) is 10.3. The molecule has 0 saturated carbocycles. The van der Waals surface area contributed by atoms with Crippen LogP contribution in [0, 0.1) is 0 Å². The number of benzene rings is 1. The van der Waals surface area contributed by atoms with Crippen molar-refractivity contribution in [2.75, 3.05) is 5.32 Å². The van der Waals surface area contributed by atoms with Crippen molar-refractivity contribution < 1.29 is 14.7 Å². The first-order valence-electron chi connectivity index (χ1n) is 5.79. The number of pyridine rings is 1. The Hall–Kier alpha value is -2.40. The number of rotatable bonds is 4. The Morgan fingerprint density at radius 1 is 1.25 bits per heavy atom. The third-order valence-corrected chi connectivity index (χ3v) is 2.79. The van der Waals surface area contributed by atoms with Gasteiger partial charge in [-0.1, -0.05) is 17.7 Å². The van der Waals surface area contributed by atoms with E-state index in [1.54, 1.807) is 24.4 Å². The lowest BCUT2D eigenvalue weighted by molar-refractivity contribution is -0.115. The molecule has 0 unspecified atom stereocenters. The van der Waals surface area contributed by atoms with Crippen molar-refractivity contribution >= 4 is 29.2 Å². The number of carboxylic acids is 1. The molecule has 0 saturated heterocycles. The molecule has 1 heterocycles. The van der Waals surface area contributed by atoms with Crippen molar-refractivity contribution in [2.45, 2.75) is 6.42 Å². The van der Waals surface area contributed by atoms with E-state index in [2.05, 4.69) is 10.3 Å². The van der Waals surface area contributed by atoms with E-state index in [0.29, 0.717) is 10.7 Å². The first kappa shape index (κ1) is 14.0. The number of nitrogens with one attached hydrogen (secondary N) is 1. The van der Waals surface area contributed by atoms with Crippen LogP contribution in [0.5, 0.6) is 0 Å². The lowest BCUT2D eigenvalue weighted by Gasteiger charge is -2.08. The van der Waals surface area contributed by atoms with Gasteiger partial charge in [-0.2, -0.15) is 0 Å². The van der Waals surface area contributed by atoms with E-state index in [0.717, 1.165) is 0 Å². The normalized spacial score (nSPS) is 10.1. The summed E-state index contributed by atoms with van der Waals surface area (Å²) in [7, 11) is 0. The minimum absolute atomic E-state index is 0.0492. The number of hydrogen-bond donors (Lipinski definition) is 2. The van der Waals surface area contributed by atoms with Gasteiger partial charge in [0.25, 0.3) is 0 Å². The topological polar surface area (TPSA) is 79.3 Å². The molecule has 20 heavy (non-hydrogen) atoms. The predicted molar refractivity (Wildman–Crippen MR) is 75.0 cm³/mol. The van der Waals surface area contributed by atoms with Crippen LogP contribution in [0.2, 0.25) is 5.02 Å². The highest BCUT2D eigenvalue weighted by atomic mass is 35.5. The summed E-state index contributed by atoms with van der Waals surface area (Å²) in [5.74, 6) is -1.49. The molecule has 0 radical (unpaired) electrons. The molecule has 102 valence electrons. The van der Waals surface area contributed by atoms with Gasteiger partial charge < -0.3 is 10.4 Å². The van der Waals surface area contributed by atoms with E-state index in [9.17, 15) is 9.59 Å². The Labute approximate surface area is 120 Å². The number of carbonyl (C=O) groups is 2. The number of nitrogens with zero attached hydrogens (tertiary/aromatic N) is 1. The fourth-order valence-electron chi connectivity index (χ4n) is 1.66. The van der Waals surface area contributed by atoms with E-state index in [1.807, 2.05) is 0 Å². The van der Waals surface area contributed by atoms with Crippen LogP contribution >= 0.6 is 11.6 Å². The fourth-order valence-corrected chi connectivity index (χ4v) is 1.84. The summed E-state index contributed by atoms with van der Waals surface area (Å²) in [5, 5.41) is 11.9. The summed E-state index contributed by atoms with van der Waals surface area (Å²) in [6.07, 6.45) is 1.66. The fraction of sp³-hybridized carbons (Fsp3) is 0.0714. The van der Waals surface area contributed by atoms with Gasteiger partial charge in [0.15, 0.2) is 0 Å². The largest absolute Gasteiger partial charge is 0.478 e. The molecule has 0 aliphatic heterocycles. The van der Waals surface area contributed by atoms with Gasteiger partial charge in [-0.15, -0.1) is 0 Å². The maximum Gasteiger partial charge on any atom is 0.337 e. The second kappa shape index (κ2) is 6.16. The Bertz CT molecular complexity index is 644. The molecule has 2 rings (SSSR count). The number of anilines is 1. The summed E-state index contributed by atoms with van der Waals surface area (Å²) in [6.45, 7) is 0. The molecule has 5 nitrogen and oxygen atoms in total. The van der Waals surface area contributed by atoms with Crippen molar-refractivity contribution in [3.63, 3.8) is 0 Å². The molecule has 1 amide bonds. The number of aromatic carboxylic acids is 1. The van der Waals surface area contributed by atoms with Crippen LogP contribution in [0.15, 0.2) is 42.6 Å². The molecular weight excluding hydrogens is 280 g/mol. The summed E-state index contributed by atoms with van der Waals surface area (Å²) in [4.78, 5) is 27.0. The lowest BCUT2D eigenvalue weighted by Crippen LogP contribution is -2.17.